The number of benzene rings is 2. The molecule has 0 fully saturated rings. The van der Waals surface area contributed by atoms with Crippen molar-refractivity contribution >= 4 is 5.97 Å². The Morgan fingerprint density at radius 3 is 2.61 bits per heavy atom. The normalized spacial score (nSPS) is 10.8. The van der Waals surface area contributed by atoms with Crippen molar-refractivity contribution < 1.29 is 14.6 Å². The summed E-state index contributed by atoms with van der Waals surface area (Å²) in [5.41, 5.74) is 3.52. The van der Waals surface area contributed by atoms with E-state index in [1.54, 1.807) is 12.1 Å². The predicted molar refractivity (Wildman–Crippen MR) is 91.1 cm³/mol. The number of carboxylic acids is 1. The molecule has 0 saturated heterocycles. The van der Waals surface area contributed by atoms with Gasteiger partial charge in [0.1, 0.15) is 12.4 Å². The van der Waals surface area contributed by atoms with Crippen LogP contribution in [0.4, 0.5) is 0 Å². The molecule has 0 heterocycles. The van der Waals surface area contributed by atoms with E-state index in [0.717, 1.165) is 23.4 Å². The first-order chi connectivity index (χ1) is 11.0. The third-order valence-electron chi connectivity index (χ3n) is 3.75. The molecule has 4 heteroatoms. The van der Waals surface area contributed by atoms with Gasteiger partial charge in [-0.3, -0.25) is 4.90 Å². The molecular formula is C19H23NO3. The van der Waals surface area contributed by atoms with Crippen LogP contribution in [0.1, 0.15) is 27.0 Å². The second kappa shape index (κ2) is 7.79. The number of nitrogens with zero attached hydrogens (tertiary/aromatic N) is 1. The molecule has 0 radical (unpaired) electrons. The number of aromatic carboxylic acids is 1. The molecule has 0 bridgehead atoms. The Morgan fingerprint density at radius 2 is 1.91 bits per heavy atom. The summed E-state index contributed by atoms with van der Waals surface area (Å²) in [4.78, 5) is 13.3. The fraction of sp³-hybridized carbons (Fsp3) is 0.316. The van der Waals surface area contributed by atoms with E-state index in [1.807, 2.05) is 38.2 Å². The first-order valence-electron chi connectivity index (χ1n) is 7.67. The van der Waals surface area contributed by atoms with Crippen molar-refractivity contribution in [3.05, 3.63) is 64.7 Å². The summed E-state index contributed by atoms with van der Waals surface area (Å²) < 4.78 is 5.82. The number of rotatable bonds is 7. The molecule has 2 rings (SSSR count). The van der Waals surface area contributed by atoms with Gasteiger partial charge in [0, 0.05) is 13.1 Å². The molecule has 0 aliphatic heterocycles. The maximum atomic E-state index is 11.2. The van der Waals surface area contributed by atoms with Crippen LogP contribution in [0.25, 0.3) is 0 Å². The van der Waals surface area contributed by atoms with Gasteiger partial charge < -0.3 is 9.84 Å². The van der Waals surface area contributed by atoms with Crippen molar-refractivity contribution in [2.45, 2.75) is 20.4 Å². The summed E-state index contributed by atoms with van der Waals surface area (Å²) in [6, 6.07) is 13.2. The summed E-state index contributed by atoms with van der Waals surface area (Å²) in [5.74, 6) is 0.00969. The van der Waals surface area contributed by atoms with Crippen molar-refractivity contribution in [2.24, 2.45) is 0 Å². The van der Waals surface area contributed by atoms with E-state index >= 15 is 0 Å². The van der Waals surface area contributed by atoms with E-state index in [0.29, 0.717) is 18.7 Å². The standard InChI is InChI=1S/C19H23NO3/c1-14-8-9-18(15(2)12-14)23-11-10-20(3)13-16-6-4-5-7-17(16)19(21)22/h4-9,12H,10-11,13H2,1-3H3,(H,21,22). The van der Waals surface area contributed by atoms with Crippen LogP contribution in [0.15, 0.2) is 42.5 Å². The lowest BCUT2D eigenvalue weighted by Crippen LogP contribution is -2.25. The van der Waals surface area contributed by atoms with Gasteiger partial charge >= 0.3 is 5.97 Å². The third-order valence-corrected chi connectivity index (χ3v) is 3.75. The lowest BCUT2D eigenvalue weighted by Gasteiger charge is -2.18. The summed E-state index contributed by atoms with van der Waals surface area (Å²) in [7, 11) is 1.96. The highest BCUT2D eigenvalue weighted by molar-refractivity contribution is 5.89. The van der Waals surface area contributed by atoms with E-state index in [2.05, 4.69) is 17.9 Å². The average molecular weight is 313 g/mol. The van der Waals surface area contributed by atoms with Crippen LogP contribution in [-0.2, 0) is 6.54 Å². The molecule has 2 aromatic rings. The molecule has 0 aliphatic carbocycles. The summed E-state index contributed by atoms with van der Waals surface area (Å²) in [6.07, 6.45) is 0. The average Bonchev–Trinajstić information content (AvgIpc) is 2.50. The molecule has 0 unspecified atom stereocenters. The molecule has 1 N–H and O–H groups in total. The largest absolute Gasteiger partial charge is 0.492 e. The Kier molecular flexibility index (Phi) is 5.77. The monoisotopic (exact) mass is 313 g/mol. The number of hydrogen-bond acceptors (Lipinski definition) is 3. The smallest absolute Gasteiger partial charge is 0.336 e. The van der Waals surface area contributed by atoms with Gasteiger partial charge in [-0.2, -0.15) is 0 Å². The van der Waals surface area contributed by atoms with E-state index in [9.17, 15) is 9.90 Å². The Balaban J connectivity index is 1.88. The fourth-order valence-corrected chi connectivity index (χ4v) is 2.51. The second-order valence-electron chi connectivity index (χ2n) is 5.82. The van der Waals surface area contributed by atoms with Gasteiger partial charge in [0.15, 0.2) is 0 Å². The molecule has 4 nitrogen and oxygen atoms in total. The molecule has 0 aromatic heterocycles. The SMILES string of the molecule is Cc1ccc(OCCN(C)Cc2ccccc2C(=O)O)c(C)c1. The van der Waals surface area contributed by atoms with E-state index in [4.69, 9.17) is 4.74 Å². The quantitative estimate of drug-likeness (QED) is 0.850. The zero-order chi connectivity index (χ0) is 16.8. The lowest BCUT2D eigenvalue weighted by molar-refractivity contribution is 0.0694. The Labute approximate surface area is 137 Å². The Morgan fingerprint density at radius 1 is 1.17 bits per heavy atom. The topological polar surface area (TPSA) is 49.8 Å². The number of aryl methyl sites for hydroxylation is 2. The summed E-state index contributed by atoms with van der Waals surface area (Å²) in [5, 5.41) is 9.21. The number of likely N-dealkylation sites (N-methyl/N-ethyl adjacent to an activating group) is 1. The third kappa shape index (κ3) is 4.83. The van der Waals surface area contributed by atoms with Crippen molar-refractivity contribution in [2.75, 3.05) is 20.2 Å². The van der Waals surface area contributed by atoms with E-state index in [-0.39, 0.29) is 0 Å². The van der Waals surface area contributed by atoms with Gasteiger partial charge in [0.2, 0.25) is 0 Å². The minimum absolute atomic E-state index is 0.356. The van der Waals surface area contributed by atoms with Crippen LogP contribution < -0.4 is 4.74 Å². The van der Waals surface area contributed by atoms with Gasteiger partial charge in [0.25, 0.3) is 0 Å². The number of hydrogen-bond donors (Lipinski definition) is 1. The summed E-state index contributed by atoms with van der Waals surface area (Å²) in [6.45, 7) is 5.97. The second-order valence-corrected chi connectivity index (χ2v) is 5.82. The minimum Gasteiger partial charge on any atom is -0.492 e. The molecule has 2 aromatic carbocycles. The van der Waals surface area contributed by atoms with Crippen LogP contribution in [0.2, 0.25) is 0 Å². The molecule has 0 aliphatic rings. The van der Waals surface area contributed by atoms with Crippen LogP contribution >= 0.6 is 0 Å². The number of carboxylic acid groups (broad SMARTS) is 1. The first kappa shape index (κ1) is 17.0. The van der Waals surface area contributed by atoms with Gasteiger partial charge in [-0.25, -0.2) is 4.79 Å². The van der Waals surface area contributed by atoms with Crippen LogP contribution in [0, 0.1) is 13.8 Å². The zero-order valence-corrected chi connectivity index (χ0v) is 13.9. The van der Waals surface area contributed by atoms with Gasteiger partial charge in [-0.1, -0.05) is 35.9 Å². The molecule has 122 valence electrons. The Hall–Kier alpha value is -2.33. The highest BCUT2D eigenvalue weighted by Crippen LogP contribution is 2.18. The fourth-order valence-electron chi connectivity index (χ4n) is 2.51. The number of ether oxygens (including phenoxy) is 1. The van der Waals surface area contributed by atoms with Crippen LogP contribution in [0.5, 0.6) is 5.75 Å². The first-order valence-corrected chi connectivity index (χ1v) is 7.67. The van der Waals surface area contributed by atoms with Gasteiger partial charge in [-0.15, -0.1) is 0 Å². The molecule has 0 spiro atoms. The van der Waals surface area contributed by atoms with Gasteiger partial charge in [0.05, 0.1) is 5.56 Å². The predicted octanol–water partition coefficient (Wildman–Crippen LogP) is 3.51. The highest BCUT2D eigenvalue weighted by Gasteiger charge is 2.11. The molecular weight excluding hydrogens is 290 g/mol. The van der Waals surface area contributed by atoms with Crippen molar-refractivity contribution in [3.63, 3.8) is 0 Å². The highest BCUT2D eigenvalue weighted by atomic mass is 16.5. The molecule has 0 atom stereocenters. The van der Waals surface area contributed by atoms with Crippen molar-refractivity contribution in [3.8, 4) is 5.75 Å². The maximum Gasteiger partial charge on any atom is 0.336 e. The van der Waals surface area contributed by atoms with Crippen LogP contribution in [-0.4, -0.2) is 36.2 Å². The number of carbonyl (C=O) groups is 1. The van der Waals surface area contributed by atoms with Gasteiger partial charge in [-0.05, 0) is 44.2 Å². The maximum absolute atomic E-state index is 11.2. The van der Waals surface area contributed by atoms with E-state index < -0.39 is 5.97 Å². The van der Waals surface area contributed by atoms with Crippen molar-refractivity contribution in [1.29, 1.82) is 0 Å². The molecule has 0 saturated carbocycles. The molecule has 23 heavy (non-hydrogen) atoms. The van der Waals surface area contributed by atoms with Crippen molar-refractivity contribution in [1.82, 2.24) is 4.90 Å². The Bertz CT molecular complexity index is 682. The van der Waals surface area contributed by atoms with E-state index in [1.165, 1.54) is 5.56 Å². The zero-order valence-electron chi connectivity index (χ0n) is 13.9. The lowest BCUT2D eigenvalue weighted by atomic mass is 10.1. The minimum atomic E-state index is -0.888. The summed E-state index contributed by atoms with van der Waals surface area (Å²) >= 11 is 0. The van der Waals surface area contributed by atoms with Crippen LogP contribution in [0.3, 0.4) is 0 Å². The molecule has 0 amide bonds.